The van der Waals surface area contributed by atoms with Gasteiger partial charge in [-0.2, -0.15) is 0 Å². The fourth-order valence-electron chi connectivity index (χ4n) is 2.08. The topological polar surface area (TPSA) is 78.4 Å². The zero-order valence-electron chi connectivity index (χ0n) is 13.1. The second-order valence-corrected chi connectivity index (χ2v) is 6.45. The van der Waals surface area contributed by atoms with Crippen LogP contribution in [-0.4, -0.2) is 23.7 Å². The van der Waals surface area contributed by atoms with Crippen LogP contribution in [0.2, 0.25) is 0 Å². The van der Waals surface area contributed by atoms with Gasteiger partial charge >= 0.3 is 12.0 Å². The molecule has 0 aliphatic heterocycles. The van der Waals surface area contributed by atoms with Crippen molar-refractivity contribution in [3.8, 4) is 0 Å². The SMILES string of the molecule is Cc1ccccc1NC(=O)NCC(CC(C)(C)C)C(=O)O. The number of rotatable bonds is 5. The number of carboxylic acid groups (broad SMARTS) is 1. The van der Waals surface area contributed by atoms with E-state index in [1.165, 1.54) is 0 Å². The number of amides is 2. The van der Waals surface area contributed by atoms with Gasteiger partial charge in [0.2, 0.25) is 0 Å². The quantitative estimate of drug-likeness (QED) is 0.779. The van der Waals surface area contributed by atoms with Crippen molar-refractivity contribution in [2.45, 2.75) is 34.1 Å². The zero-order valence-corrected chi connectivity index (χ0v) is 13.1. The zero-order chi connectivity index (χ0) is 16.0. The van der Waals surface area contributed by atoms with Crippen molar-refractivity contribution in [3.63, 3.8) is 0 Å². The molecule has 116 valence electrons. The summed E-state index contributed by atoms with van der Waals surface area (Å²) >= 11 is 0. The largest absolute Gasteiger partial charge is 0.481 e. The molecule has 5 nitrogen and oxygen atoms in total. The van der Waals surface area contributed by atoms with Crippen molar-refractivity contribution in [2.75, 3.05) is 11.9 Å². The molecule has 0 aliphatic rings. The van der Waals surface area contributed by atoms with Gasteiger partial charge in [-0.15, -0.1) is 0 Å². The third-order valence-corrected chi connectivity index (χ3v) is 3.11. The molecule has 0 fully saturated rings. The summed E-state index contributed by atoms with van der Waals surface area (Å²) in [4.78, 5) is 23.1. The summed E-state index contributed by atoms with van der Waals surface area (Å²) in [6, 6.07) is 7.04. The van der Waals surface area contributed by atoms with Gasteiger partial charge in [0.05, 0.1) is 5.92 Å². The molecule has 1 unspecified atom stereocenters. The van der Waals surface area contributed by atoms with Gasteiger partial charge < -0.3 is 15.7 Å². The second kappa shape index (κ2) is 7.11. The Bertz CT molecular complexity index is 506. The number of carbonyl (C=O) groups excluding carboxylic acids is 1. The van der Waals surface area contributed by atoms with Crippen LogP contribution in [0.15, 0.2) is 24.3 Å². The summed E-state index contributed by atoms with van der Waals surface area (Å²) in [5.74, 6) is -1.48. The molecule has 5 heteroatoms. The highest BCUT2D eigenvalue weighted by molar-refractivity contribution is 5.90. The Labute approximate surface area is 125 Å². The van der Waals surface area contributed by atoms with Crippen LogP contribution < -0.4 is 10.6 Å². The maximum absolute atomic E-state index is 11.8. The lowest BCUT2D eigenvalue weighted by atomic mass is 9.84. The first-order chi connectivity index (χ1) is 9.69. The maximum Gasteiger partial charge on any atom is 0.319 e. The summed E-state index contributed by atoms with van der Waals surface area (Å²) in [5, 5.41) is 14.6. The monoisotopic (exact) mass is 292 g/mol. The Kier molecular flexibility index (Phi) is 5.76. The average molecular weight is 292 g/mol. The number of anilines is 1. The Balaban J connectivity index is 2.54. The standard InChI is InChI=1S/C16H24N2O3/c1-11-7-5-6-8-13(11)18-15(21)17-10-12(14(19)20)9-16(2,3)4/h5-8,12H,9-10H2,1-4H3,(H,19,20)(H2,17,18,21). The number of carbonyl (C=O) groups is 2. The minimum atomic E-state index is -0.888. The predicted molar refractivity (Wildman–Crippen MR) is 83.4 cm³/mol. The molecular formula is C16H24N2O3. The molecule has 0 heterocycles. The third-order valence-electron chi connectivity index (χ3n) is 3.11. The number of nitrogens with one attached hydrogen (secondary N) is 2. The minimum absolute atomic E-state index is 0.1000. The van der Waals surface area contributed by atoms with E-state index in [4.69, 9.17) is 0 Å². The molecule has 0 bridgehead atoms. The summed E-state index contributed by atoms with van der Waals surface area (Å²) in [6.07, 6.45) is 0.507. The van der Waals surface area contributed by atoms with Gasteiger partial charge in [-0.1, -0.05) is 39.0 Å². The number of aliphatic carboxylic acids is 1. The first-order valence-electron chi connectivity index (χ1n) is 7.02. The number of urea groups is 1. The Morgan fingerprint density at radius 3 is 2.38 bits per heavy atom. The van der Waals surface area contributed by atoms with Crippen LogP contribution in [0.25, 0.3) is 0 Å². The number of benzene rings is 1. The number of carboxylic acids is 1. The smallest absolute Gasteiger partial charge is 0.319 e. The van der Waals surface area contributed by atoms with Gasteiger partial charge in [-0.25, -0.2) is 4.79 Å². The minimum Gasteiger partial charge on any atom is -0.481 e. The highest BCUT2D eigenvalue weighted by atomic mass is 16.4. The van der Waals surface area contributed by atoms with E-state index in [9.17, 15) is 14.7 Å². The number of para-hydroxylation sites is 1. The van der Waals surface area contributed by atoms with Crippen molar-refractivity contribution >= 4 is 17.7 Å². The summed E-state index contributed by atoms with van der Waals surface area (Å²) in [5.41, 5.74) is 1.58. The van der Waals surface area contributed by atoms with Crippen LogP contribution in [0.3, 0.4) is 0 Å². The van der Waals surface area contributed by atoms with Crippen molar-refractivity contribution < 1.29 is 14.7 Å². The second-order valence-electron chi connectivity index (χ2n) is 6.45. The first kappa shape index (κ1) is 17.0. The predicted octanol–water partition coefficient (Wildman–Crippen LogP) is 3.25. The molecule has 21 heavy (non-hydrogen) atoms. The van der Waals surface area contributed by atoms with E-state index in [-0.39, 0.29) is 18.0 Å². The lowest BCUT2D eigenvalue weighted by Gasteiger charge is -2.23. The highest BCUT2D eigenvalue weighted by Gasteiger charge is 2.24. The molecular weight excluding hydrogens is 268 g/mol. The fraction of sp³-hybridized carbons (Fsp3) is 0.500. The fourth-order valence-corrected chi connectivity index (χ4v) is 2.08. The van der Waals surface area contributed by atoms with Crippen molar-refractivity contribution in [1.29, 1.82) is 0 Å². The Morgan fingerprint density at radius 2 is 1.86 bits per heavy atom. The molecule has 0 aliphatic carbocycles. The molecule has 0 spiro atoms. The van der Waals surface area contributed by atoms with Crippen LogP contribution in [0, 0.1) is 18.3 Å². The van der Waals surface area contributed by atoms with Crippen molar-refractivity contribution in [1.82, 2.24) is 5.32 Å². The average Bonchev–Trinajstić information content (AvgIpc) is 2.35. The molecule has 0 saturated carbocycles. The van der Waals surface area contributed by atoms with Gasteiger partial charge in [0.25, 0.3) is 0 Å². The number of aryl methyl sites for hydroxylation is 1. The van der Waals surface area contributed by atoms with E-state index in [0.717, 1.165) is 11.3 Å². The Morgan fingerprint density at radius 1 is 1.24 bits per heavy atom. The van der Waals surface area contributed by atoms with E-state index in [1.807, 2.05) is 45.9 Å². The van der Waals surface area contributed by atoms with Crippen LogP contribution in [0.1, 0.15) is 32.8 Å². The Hall–Kier alpha value is -2.04. The molecule has 0 radical (unpaired) electrons. The van der Waals surface area contributed by atoms with E-state index >= 15 is 0 Å². The maximum atomic E-state index is 11.8. The van der Waals surface area contributed by atoms with E-state index in [0.29, 0.717) is 6.42 Å². The van der Waals surface area contributed by atoms with Crippen LogP contribution in [0.5, 0.6) is 0 Å². The highest BCUT2D eigenvalue weighted by Crippen LogP contribution is 2.24. The number of hydrogen-bond donors (Lipinski definition) is 3. The lowest BCUT2D eigenvalue weighted by molar-refractivity contribution is -0.142. The molecule has 3 N–H and O–H groups in total. The van der Waals surface area contributed by atoms with Gasteiger partial charge in [-0.05, 0) is 30.4 Å². The summed E-state index contributed by atoms with van der Waals surface area (Å²) < 4.78 is 0. The van der Waals surface area contributed by atoms with E-state index in [1.54, 1.807) is 6.07 Å². The molecule has 1 aromatic rings. The summed E-state index contributed by atoms with van der Waals surface area (Å²) in [6.45, 7) is 7.96. The summed E-state index contributed by atoms with van der Waals surface area (Å²) in [7, 11) is 0. The van der Waals surface area contributed by atoms with Crippen molar-refractivity contribution in [3.05, 3.63) is 29.8 Å². The van der Waals surface area contributed by atoms with Gasteiger partial charge in [-0.3, -0.25) is 4.79 Å². The third kappa shape index (κ3) is 6.29. The van der Waals surface area contributed by atoms with Crippen molar-refractivity contribution in [2.24, 2.45) is 11.3 Å². The molecule has 2 amide bonds. The molecule has 1 aromatic carbocycles. The van der Waals surface area contributed by atoms with Gasteiger partial charge in [0, 0.05) is 12.2 Å². The van der Waals surface area contributed by atoms with E-state index < -0.39 is 11.9 Å². The van der Waals surface area contributed by atoms with Crippen LogP contribution >= 0.6 is 0 Å². The van der Waals surface area contributed by atoms with Crippen LogP contribution in [0.4, 0.5) is 10.5 Å². The molecule has 1 rings (SSSR count). The first-order valence-corrected chi connectivity index (χ1v) is 7.02. The van der Waals surface area contributed by atoms with Crippen LogP contribution in [-0.2, 0) is 4.79 Å². The van der Waals surface area contributed by atoms with E-state index in [2.05, 4.69) is 10.6 Å². The van der Waals surface area contributed by atoms with Gasteiger partial charge in [0.1, 0.15) is 0 Å². The molecule has 0 aromatic heterocycles. The lowest BCUT2D eigenvalue weighted by Crippen LogP contribution is -2.37. The normalized spacial score (nSPS) is 12.6. The number of hydrogen-bond acceptors (Lipinski definition) is 2. The van der Waals surface area contributed by atoms with Gasteiger partial charge in [0.15, 0.2) is 0 Å². The molecule has 1 atom stereocenters. The molecule has 0 saturated heterocycles.